The first-order chi connectivity index (χ1) is 13.5. The van der Waals surface area contributed by atoms with Gasteiger partial charge in [-0.2, -0.15) is 0 Å². The highest BCUT2D eigenvalue weighted by Crippen LogP contribution is 2.30. The minimum absolute atomic E-state index is 0. The molecule has 0 atom stereocenters. The van der Waals surface area contributed by atoms with Crippen LogP contribution in [0.3, 0.4) is 0 Å². The van der Waals surface area contributed by atoms with Crippen LogP contribution in [-0.4, -0.2) is 48.0 Å². The molecule has 0 spiro atoms. The normalized spacial score (nSPS) is 10.1. The first kappa shape index (κ1) is 26.2. The fraction of sp³-hybridized carbons (Fsp3) is 0.250. The molecule has 0 aliphatic heterocycles. The van der Waals surface area contributed by atoms with E-state index in [9.17, 15) is 4.79 Å². The average molecular weight is 486 g/mol. The van der Waals surface area contributed by atoms with E-state index in [0.717, 1.165) is 33.0 Å². The van der Waals surface area contributed by atoms with E-state index in [2.05, 4.69) is 20.6 Å². The van der Waals surface area contributed by atoms with Crippen LogP contribution >= 0.6 is 47.9 Å². The molecule has 10 heteroatoms. The van der Waals surface area contributed by atoms with E-state index in [4.69, 9.17) is 0 Å². The second-order valence-corrected chi connectivity index (χ2v) is 8.49. The predicted octanol–water partition coefficient (Wildman–Crippen LogP) is 4.88. The number of anilines is 2. The minimum atomic E-state index is -0.0551. The lowest BCUT2D eigenvalue weighted by molar-refractivity contribution is 0.0951. The molecule has 2 heterocycles. The number of aryl methyl sites for hydroxylation is 1. The highest BCUT2D eigenvalue weighted by molar-refractivity contribution is 7.99. The standard InChI is InChI=1S/C20H23N5OS2.2ClH/c1-14-13-27-20(23-14)24-18-12-17(7-8-21-18)28-16-6-4-5-15(11-16)19(26)22-9-10-25(2)3;;/h4-8,11-13H,9-10H2,1-3H3,(H,22,26)(H,21,23,24);2*1H. The summed E-state index contributed by atoms with van der Waals surface area (Å²) in [6, 6.07) is 11.6. The summed E-state index contributed by atoms with van der Waals surface area (Å²) in [4.78, 5) is 25.2. The number of nitrogens with one attached hydrogen (secondary N) is 2. The average Bonchev–Trinajstić information content (AvgIpc) is 3.06. The summed E-state index contributed by atoms with van der Waals surface area (Å²) < 4.78 is 0. The molecule has 0 saturated heterocycles. The van der Waals surface area contributed by atoms with E-state index in [1.54, 1.807) is 29.3 Å². The number of carbonyl (C=O) groups excluding carboxylic acids is 1. The Kier molecular flexibility index (Phi) is 11.1. The molecule has 3 aromatic rings. The number of carbonyl (C=O) groups is 1. The van der Waals surface area contributed by atoms with E-state index in [1.165, 1.54) is 0 Å². The maximum Gasteiger partial charge on any atom is 0.251 e. The van der Waals surface area contributed by atoms with E-state index < -0.39 is 0 Å². The van der Waals surface area contributed by atoms with Crippen molar-refractivity contribution in [1.82, 2.24) is 20.2 Å². The van der Waals surface area contributed by atoms with E-state index in [1.807, 2.05) is 67.7 Å². The summed E-state index contributed by atoms with van der Waals surface area (Å²) in [7, 11) is 3.97. The van der Waals surface area contributed by atoms with Crippen molar-refractivity contribution in [2.24, 2.45) is 0 Å². The second-order valence-electron chi connectivity index (χ2n) is 6.48. The number of hydrogen-bond acceptors (Lipinski definition) is 7. The van der Waals surface area contributed by atoms with Crippen molar-refractivity contribution >= 4 is 64.8 Å². The first-order valence-corrected chi connectivity index (χ1v) is 10.6. The fourth-order valence-electron chi connectivity index (χ4n) is 2.40. The van der Waals surface area contributed by atoms with Gasteiger partial charge in [0.15, 0.2) is 5.13 Å². The smallest absolute Gasteiger partial charge is 0.251 e. The maximum atomic E-state index is 12.3. The Bertz CT molecular complexity index is 952. The summed E-state index contributed by atoms with van der Waals surface area (Å²) in [5, 5.41) is 8.99. The number of rotatable bonds is 8. The predicted molar refractivity (Wildman–Crippen MR) is 130 cm³/mol. The van der Waals surface area contributed by atoms with Gasteiger partial charge in [-0.1, -0.05) is 17.8 Å². The summed E-state index contributed by atoms with van der Waals surface area (Å²) in [6.07, 6.45) is 1.77. The zero-order valence-electron chi connectivity index (χ0n) is 16.9. The maximum absolute atomic E-state index is 12.3. The second kappa shape index (κ2) is 12.8. The Morgan fingerprint density at radius 1 is 1.17 bits per heavy atom. The monoisotopic (exact) mass is 485 g/mol. The lowest BCUT2D eigenvalue weighted by Gasteiger charge is -2.11. The Morgan fingerprint density at radius 3 is 2.63 bits per heavy atom. The van der Waals surface area contributed by atoms with Crippen molar-refractivity contribution in [2.45, 2.75) is 16.7 Å². The highest BCUT2D eigenvalue weighted by Gasteiger charge is 2.08. The van der Waals surface area contributed by atoms with Gasteiger partial charge in [0.2, 0.25) is 0 Å². The molecule has 162 valence electrons. The molecule has 0 radical (unpaired) electrons. The van der Waals surface area contributed by atoms with Crippen LogP contribution in [0.25, 0.3) is 0 Å². The highest BCUT2D eigenvalue weighted by atomic mass is 35.5. The Balaban J connectivity index is 0.00000225. The molecular formula is C20H25Cl2N5OS2. The van der Waals surface area contributed by atoms with Gasteiger partial charge in [0, 0.05) is 40.0 Å². The summed E-state index contributed by atoms with van der Waals surface area (Å²) in [5.41, 5.74) is 1.65. The number of pyridine rings is 1. The molecule has 30 heavy (non-hydrogen) atoms. The van der Waals surface area contributed by atoms with Crippen LogP contribution in [0.1, 0.15) is 16.1 Å². The van der Waals surface area contributed by atoms with Crippen LogP contribution in [0.15, 0.2) is 57.8 Å². The first-order valence-electron chi connectivity index (χ1n) is 8.85. The third kappa shape index (κ3) is 8.12. The summed E-state index contributed by atoms with van der Waals surface area (Å²) >= 11 is 3.14. The number of thiazole rings is 1. The topological polar surface area (TPSA) is 70.2 Å². The van der Waals surface area contributed by atoms with Crippen LogP contribution < -0.4 is 10.6 Å². The van der Waals surface area contributed by atoms with Gasteiger partial charge >= 0.3 is 0 Å². The Hall–Kier alpha value is -1.84. The molecule has 1 amide bonds. The van der Waals surface area contributed by atoms with Gasteiger partial charge in [-0.25, -0.2) is 9.97 Å². The molecule has 3 rings (SSSR count). The fourth-order valence-corrected chi connectivity index (χ4v) is 4.00. The lowest BCUT2D eigenvalue weighted by atomic mass is 10.2. The molecule has 0 bridgehead atoms. The van der Waals surface area contributed by atoms with Crippen LogP contribution in [0.2, 0.25) is 0 Å². The van der Waals surface area contributed by atoms with Crippen molar-refractivity contribution in [1.29, 1.82) is 0 Å². The van der Waals surface area contributed by atoms with Gasteiger partial charge in [0.25, 0.3) is 5.91 Å². The van der Waals surface area contributed by atoms with Gasteiger partial charge in [-0.05, 0) is 51.4 Å². The van der Waals surface area contributed by atoms with Crippen LogP contribution in [-0.2, 0) is 0 Å². The van der Waals surface area contributed by atoms with E-state index >= 15 is 0 Å². The molecule has 0 unspecified atom stereocenters. The van der Waals surface area contributed by atoms with Crippen molar-refractivity contribution in [3.63, 3.8) is 0 Å². The number of hydrogen-bond donors (Lipinski definition) is 2. The lowest BCUT2D eigenvalue weighted by Crippen LogP contribution is -2.31. The van der Waals surface area contributed by atoms with Crippen LogP contribution in [0.4, 0.5) is 10.9 Å². The molecule has 0 saturated carbocycles. The van der Waals surface area contributed by atoms with Crippen molar-refractivity contribution in [2.75, 3.05) is 32.5 Å². The molecule has 6 nitrogen and oxygen atoms in total. The number of nitrogens with zero attached hydrogens (tertiary/aromatic N) is 3. The quantitative estimate of drug-likeness (QED) is 0.473. The molecule has 0 aliphatic carbocycles. The number of aromatic nitrogens is 2. The summed E-state index contributed by atoms with van der Waals surface area (Å²) in [5.74, 6) is 0.692. The largest absolute Gasteiger partial charge is 0.351 e. The SMILES string of the molecule is Cc1csc(Nc2cc(Sc3cccc(C(=O)NCCN(C)C)c3)ccn2)n1.Cl.Cl. The van der Waals surface area contributed by atoms with Gasteiger partial charge in [0.05, 0.1) is 5.69 Å². The van der Waals surface area contributed by atoms with E-state index in [0.29, 0.717) is 12.1 Å². The third-order valence-corrected chi connectivity index (χ3v) is 5.62. The molecule has 2 N–H and O–H groups in total. The molecule has 0 fully saturated rings. The summed E-state index contributed by atoms with van der Waals surface area (Å²) in [6.45, 7) is 3.40. The molecule has 1 aromatic carbocycles. The third-order valence-electron chi connectivity index (χ3n) is 3.76. The van der Waals surface area contributed by atoms with Gasteiger partial charge in [-0.15, -0.1) is 36.2 Å². The molecule has 2 aromatic heterocycles. The number of likely N-dealkylation sites (N-methyl/N-ethyl adjacent to an activating group) is 1. The van der Waals surface area contributed by atoms with Gasteiger partial charge in [-0.3, -0.25) is 4.79 Å². The minimum Gasteiger partial charge on any atom is -0.351 e. The number of amides is 1. The van der Waals surface area contributed by atoms with Crippen LogP contribution in [0, 0.1) is 6.92 Å². The van der Waals surface area contributed by atoms with Gasteiger partial charge in [0.1, 0.15) is 5.82 Å². The van der Waals surface area contributed by atoms with Gasteiger partial charge < -0.3 is 15.5 Å². The van der Waals surface area contributed by atoms with E-state index in [-0.39, 0.29) is 30.7 Å². The Morgan fingerprint density at radius 2 is 1.93 bits per heavy atom. The van der Waals surface area contributed by atoms with Crippen molar-refractivity contribution in [3.05, 3.63) is 59.2 Å². The van der Waals surface area contributed by atoms with Crippen molar-refractivity contribution < 1.29 is 4.79 Å². The van der Waals surface area contributed by atoms with Crippen LogP contribution in [0.5, 0.6) is 0 Å². The van der Waals surface area contributed by atoms with Crippen molar-refractivity contribution in [3.8, 4) is 0 Å². The molecular weight excluding hydrogens is 461 g/mol. The number of benzene rings is 1. The number of halogens is 2. The zero-order valence-corrected chi connectivity index (χ0v) is 20.2. The zero-order chi connectivity index (χ0) is 19.9. The molecule has 0 aliphatic rings. The Labute approximate surface area is 197 Å².